The summed E-state index contributed by atoms with van der Waals surface area (Å²) in [4.78, 5) is 2.33. The molecule has 7 aromatic rings. The predicted octanol–water partition coefficient (Wildman–Crippen LogP) is 10.7. The molecule has 6 aromatic carbocycles. The molecule has 39 heavy (non-hydrogen) atoms. The predicted molar refractivity (Wildman–Crippen MR) is 164 cm³/mol. The van der Waals surface area contributed by atoms with Crippen LogP contribution in [0.15, 0.2) is 150 Å². The number of aryl methyl sites for hydroxylation is 1. The molecule has 7 rings (SSSR count). The molecule has 0 N–H and O–H groups in total. The summed E-state index contributed by atoms with van der Waals surface area (Å²) in [6.07, 6.45) is 0. The number of rotatable bonds is 5. The smallest absolute Gasteiger partial charge is 0.138 e. The molecule has 0 amide bonds. The zero-order valence-electron chi connectivity index (χ0n) is 21.7. The van der Waals surface area contributed by atoms with Gasteiger partial charge in [-0.15, -0.1) is 0 Å². The summed E-state index contributed by atoms with van der Waals surface area (Å²) in [6.45, 7) is 2.13. The Hall–Kier alpha value is -5.08. The molecule has 0 radical (unpaired) electrons. The lowest BCUT2D eigenvalue weighted by molar-refractivity contribution is 0.629. The lowest BCUT2D eigenvalue weighted by Crippen LogP contribution is -2.10. The minimum Gasteiger partial charge on any atom is -0.456 e. The normalized spacial score (nSPS) is 11.2. The summed E-state index contributed by atoms with van der Waals surface area (Å²) in [6, 6.07) is 51.3. The van der Waals surface area contributed by atoms with Crippen molar-refractivity contribution in [1.82, 2.24) is 0 Å². The minimum absolute atomic E-state index is 0.925. The van der Waals surface area contributed by atoms with Gasteiger partial charge in [0, 0.05) is 33.3 Å². The highest BCUT2D eigenvalue weighted by molar-refractivity contribution is 5.99. The van der Waals surface area contributed by atoms with Gasteiger partial charge in [0.25, 0.3) is 0 Å². The van der Waals surface area contributed by atoms with Gasteiger partial charge in [-0.3, -0.25) is 0 Å². The number of furan rings is 1. The first kappa shape index (κ1) is 23.1. The maximum Gasteiger partial charge on any atom is 0.138 e. The van der Waals surface area contributed by atoms with Crippen molar-refractivity contribution in [3.63, 3.8) is 0 Å². The van der Waals surface area contributed by atoms with Crippen LogP contribution in [0.5, 0.6) is 0 Å². The lowest BCUT2D eigenvalue weighted by Gasteiger charge is -2.27. The Balaban J connectivity index is 1.29. The average Bonchev–Trinajstić information content (AvgIpc) is 3.35. The van der Waals surface area contributed by atoms with Crippen molar-refractivity contribution in [3.05, 3.63) is 151 Å². The van der Waals surface area contributed by atoms with Gasteiger partial charge < -0.3 is 9.32 Å². The van der Waals surface area contributed by atoms with E-state index in [-0.39, 0.29) is 0 Å². The Labute approximate surface area is 228 Å². The van der Waals surface area contributed by atoms with Crippen LogP contribution in [0.3, 0.4) is 0 Å². The Morgan fingerprint density at radius 3 is 1.95 bits per heavy atom. The second kappa shape index (κ2) is 9.66. The molecule has 1 aromatic heterocycles. The summed E-state index contributed by atoms with van der Waals surface area (Å²) < 4.78 is 6.25. The minimum atomic E-state index is 0.925. The molecular formula is C37H27NO. The lowest BCUT2D eigenvalue weighted by atomic mass is 9.99. The molecule has 186 valence electrons. The van der Waals surface area contributed by atoms with E-state index in [4.69, 9.17) is 4.42 Å². The SMILES string of the molecule is Cc1c(-c2cccc(-c3ccc(N(c4ccccc4)c4cccc5ccccc45)cc3)c2)oc2ccccc12. The monoisotopic (exact) mass is 501 g/mol. The van der Waals surface area contributed by atoms with E-state index in [1.54, 1.807) is 0 Å². The molecule has 2 heteroatoms. The molecule has 0 saturated heterocycles. The molecule has 2 nitrogen and oxygen atoms in total. The van der Waals surface area contributed by atoms with Gasteiger partial charge in [-0.1, -0.05) is 103 Å². The van der Waals surface area contributed by atoms with Crippen LogP contribution < -0.4 is 4.90 Å². The van der Waals surface area contributed by atoms with E-state index in [1.807, 2.05) is 12.1 Å². The van der Waals surface area contributed by atoms with E-state index in [0.717, 1.165) is 44.9 Å². The Morgan fingerprint density at radius 2 is 1.13 bits per heavy atom. The quantitative estimate of drug-likeness (QED) is 0.233. The third kappa shape index (κ3) is 4.17. The van der Waals surface area contributed by atoms with Crippen molar-refractivity contribution in [2.45, 2.75) is 6.92 Å². The maximum atomic E-state index is 6.25. The number of para-hydroxylation sites is 2. The third-order valence-corrected chi connectivity index (χ3v) is 7.45. The Bertz CT molecular complexity index is 1910. The zero-order chi connectivity index (χ0) is 26.2. The van der Waals surface area contributed by atoms with Crippen LogP contribution in [-0.2, 0) is 0 Å². The van der Waals surface area contributed by atoms with Crippen molar-refractivity contribution in [2.75, 3.05) is 4.90 Å². The fraction of sp³-hybridized carbons (Fsp3) is 0.0270. The van der Waals surface area contributed by atoms with Crippen molar-refractivity contribution >= 4 is 38.8 Å². The van der Waals surface area contributed by atoms with Gasteiger partial charge in [-0.25, -0.2) is 0 Å². The van der Waals surface area contributed by atoms with E-state index in [9.17, 15) is 0 Å². The molecule has 0 unspecified atom stereocenters. The van der Waals surface area contributed by atoms with Gasteiger partial charge in [0.1, 0.15) is 11.3 Å². The van der Waals surface area contributed by atoms with E-state index < -0.39 is 0 Å². The molecule has 1 heterocycles. The molecule has 0 aliphatic rings. The highest BCUT2D eigenvalue weighted by atomic mass is 16.3. The number of hydrogen-bond acceptors (Lipinski definition) is 2. The first-order chi connectivity index (χ1) is 19.3. The summed E-state index contributed by atoms with van der Waals surface area (Å²) in [5, 5.41) is 3.61. The summed E-state index contributed by atoms with van der Waals surface area (Å²) in [7, 11) is 0. The van der Waals surface area contributed by atoms with Crippen LogP contribution >= 0.6 is 0 Å². The van der Waals surface area contributed by atoms with Crippen molar-refractivity contribution in [2.24, 2.45) is 0 Å². The van der Waals surface area contributed by atoms with Crippen LogP contribution in [0.2, 0.25) is 0 Å². The van der Waals surface area contributed by atoms with Crippen LogP contribution in [0, 0.1) is 6.92 Å². The number of benzene rings is 6. The molecule has 0 fully saturated rings. The third-order valence-electron chi connectivity index (χ3n) is 7.45. The van der Waals surface area contributed by atoms with Crippen LogP contribution in [0.25, 0.3) is 44.2 Å². The van der Waals surface area contributed by atoms with E-state index >= 15 is 0 Å². The van der Waals surface area contributed by atoms with Gasteiger partial charge in [0.05, 0.1) is 5.69 Å². The van der Waals surface area contributed by atoms with Gasteiger partial charge in [0.15, 0.2) is 0 Å². The molecule has 0 atom stereocenters. The summed E-state index contributed by atoms with van der Waals surface area (Å²) >= 11 is 0. The fourth-order valence-electron chi connectivity index (χ4n) is 5.50. The van der Waals surface area contributed by atoms with Gasteiger partial charge in [0.2, 0.25) is 0 Å². The van der Waals surface area contributed by atoms with E-state index in [1.165, 1.54) is 21.9 Å². The molecule has 0 spiro atoms. The van der Waals surface area contributed by atoms with Gasteiger partial charge in [-0.05, 0) is 65.9 Å². The van der Waals surface area contributed by atoms with E-state index in [0.29, 0.717) is 0 Å². The average molecular weight is 502 g/mol. The molecule has 0 bridgehead atoms. The summed E-state index contributed by atoms with van der Waals surface area (Å²) in [5.74, 6) is 0.931. The number of hydrogen-bond donors (Lipinski definition) is 0. The van der Waals surface area contributed by atoms with Crippen LogP contribution in [0.4, 0.5) is 17.1 Å². The highest BCUT2D eigenvalue weighted by Gasteiger charge is 2.16. The zero-order valence-corrected chi connectivity index (χ0v) is 21.7. The first-order valence-electron chi connectivity index (χ1n) is 13.3. The van der Waals surface area contributed by atoms with Crippen LogP contribution in [-0.4, -0.2) is 0 Å². The van der Waals surface area contributed by atoms with Crippen molar-refractivity contribution < 1.29 is 4.42 Å². The largest absolute Gasteiger partial charge is 0.456 e. The molecule has 0 saturated carbocycles. The standard InChI is InChI=1S/C37H27NO/c1-26-33-17-7-8-20-36(33)39-37(26)30-14-9-13-29(25-30)27-21-23-32(24-22-27)38(31-15-3-2-4-16-31)35-19-10-12-28-11-5-6-18-34(28)35/h2-25H,1H3. The maximum absolute atomic E-state index is 6.25. The first-order valence-corrected chi connectivity index (χ1v) is 13.3. The molecule has 0 aliphatic carbocycles. The second-order valence-corrected chi connectivity index (χ2v) is 9.85. The van der Waals surface area contributed by atoms with E-state index in [2.05, 4.69) is 145 Å². The van der Waals surface area contributed by atoms with Crippen molar-refractivity contribution in [1.29, 1.82) is 0 Å². The molecular weight excluding hydrogens is 474 g/mol. The highest BCUT2D eigenvalue weighted by Crippen LogP contribution is 2.40. The van der Waals surface area contributed by atoms with Crippen LogP contribution in [0.1, 0.15) is 5.56 Å². The number of fused-ring (bicyclic) bond motifs is 2. The topological polar surface area (TPSA) is 16.4 Å². The molecule has 0 aliphatic heterocycles. The fourth-order valence-corrected chi connectivity index (χ4v) is 5.50. The van der Waals surface area contributed by atoms with Crippen molar-refractivity contribution in [3.8, 4) is 22.5 Å². The summed E-state index contributed by atoms with van der Waals surface area (Å²) in [5.41, 5.74) is 8.92. The second-order valence-electron chi connectivity index (χ2n) is 9.85. The number of nitrogens with zero attached hydrogens (tertiary/aromatic N) is 1. The van der Waals surface area contributed by atoms with Gasteiger partial charge in [-0.2, -0.15) is 0 Å². The number of anilines is 3. The van der Waals surface area contributed by atoms with Gasteiger partial charge >= 0.3 is 0 Å². The Kier molecular flexibility index (Phi) is 5.71. The Morgan fingerprint density at radius 1 is 0.487 bits per heavy atom.